The van der Waals surface area contributed by atoms with Crippen LogP contribution in [0.1, 0.15) is 24.0 Å². The number of anilines is 6. The highest BCUT2D eigenvalue weighted by molar-refractivity contribution is 6.26. The van der Waals surface area contributed by atoms with E-state index in [4.69, 9.17) is 0 Å². The fourth-order valence-electron chi connectivity index (χ4n) is 10.7. The van der Waals surface area contributed by atoms with Gasteiger partial charge in [0.2, 0.25) is 0 Å². The van der Waals surface area contributed by atoms with E-state index in [0.717, 1.165) is 58.1 Å². The molecule has 0 spiro atoms. The monoisotopic (exact) mass is 946 g/mol. The normalized spacial score (nSPS) is 12.4. The first kappa shape index (κ1) is 45.6. The maximum Gasteiger partial charge on any atom is 0.0468 e. The van der Waals surface area contributed by atoms with Gasteiger partial charge in [0.1, 0.15) is 0 Å². The topological polar surface area (TPSA) is 6.48 Å². The van der Waals surface area contributed by atoms with E-state index in [9.17, 15) is 0 Å². The number of hydrogen-bond donors (Lipinski definition) is 0. The molecule has 352 valence electrons. The first-order chi connectivity index (χ1) is 36.6. The molecule has 0 aromatic heterocycles. The van der Waals surface area contributed by atoms with E-state index in [2.05, 4.69) is 284 Å². The van der Waals surface area contributed by atoms with Crippen LogP contribution in [0.5, 0.6) is 0 Å². The summed E-state index contributed by atoms with van der Waals surface area (Å²) < 4.78 is 0. The number of rotatable bonds is 13. The number of fused-ring (bicyclic) bond motifs is 6. The van der Waals surface area contributed by atoms with Gasteiger partial charge in [-0.05, 0) is 180 Å². The molecule has 0 saturated carbocycles. The number of allylic oxidation sites excluding steroid dienone is 8. The van der Waals surface area contributed by atoms with Crippen LogP contribution in [0.15, 0.2) is 292 Å². The van der Waals surface area contributed by atoms with Crippen molar-refractivity contribution < 1.29 is 0 Å². The van der Waals surface area contributed by atoms with Gasteiger partial charge < -0.3 is 9.80 Å². The van der Waals surface area contributed by atoms with E-state index in [-0.39, 0.29) is 0 Å². The Labute approximate surface area is 434 Å². The molecule has 0 radical (unpaired) electrons. The van der Waals surface area contributed by atoms with Gasteiger partial charge in [-0.2, -0.15) is 0 Å². The van der Waals surface area contributed by atoms with Crippen LogP contribution in [-0.2, 0) is 0 Å². The Morgan fingerprint density at radius 3 is 1.22 bits per heavy atom. The van der Waals surface area contributed by atoms with Gasteiger partial charge in [0.05, 0.1) is 0 Å². The lowest BCUT2D eigenvalue weighted by Gasteiger charge is -2.27. The summed E-state index contributed by atoms with van der Waals surface area (Å²) >= 11 is 0. The number of nitrogens with zero attached hydrogens (tertiary/aromatic N) is 2. The van der Waals surface area contributed by atoms with E-state index in [1.807, 2.05) is 18.2 Å². The molecule has 0 N–H and O–H groups in total. The molecular weight excluding hydrogens is 893 g/mol. The maximum absolute atomic E-state index is 4.06. The van der Waals surface area contributed by atoms with Crippen molar-refractivity contribution in [2.75, 3.05) is 9.80 Å². The minimum atomic E-state index is 1.03. The van der Waals surface area contributed by atoms with Crippen LogP contribution in [0.2, 0.25) is 0 Å². The van der Waals surface area contributed by atoms with Crippen LogP contribution < -0.4 is 9.80 Å². The van der Waals surface area contributed by atoms with Crippen molar-refractivity contribution >= 4 is 77.6 Å². The van der Waals surface area contributed by atoms with E-state index >= 15 is 0 Å². The zero-order valence-corrected chi connectivity index (χ0v) is 41.3. The molecule has 11 aromatic carbocycles. The van der Waals surface area contributed by atoms with Crippen molar-refractivity contribution in [1.29, 1.82) is 0 Å². The minimum Gasteiger partial charge on any atom is -0.311 e. The predicted molar refractivity (Wildman–Crippen MR) is 319 cm³/mol. The van der Waals surface area contributed by atoms with Gasteiger partial charge in [0.15, 0.2) is 0 Å². The Bertz CT molecular complexity index is 3900. The molecular formula is C72H54N2. The molecule has 12 rings (SSSR count). The Morgan fingerprint density at radius 2 is 0.730 bits per heavy atom. The largest absolute Gasteiger partial charge is 0.311 e. The van der Waals surface area contributed by atoms with E-state index in [0.29, 0.717) is 0 Å². The Morgan fingerprint density at radius 1 is 0.338 bits per heavy atom. The van der Waals surface area contributed by atoms with Crippen LogP contribution in [-0.4, -0.2) is 0 Å². The highest BCUT2D eigenvalue weighted by atomic mass is 15.1. The van der Waals surface area contributed by atoms with E-state index in [1.165, 1.54) is 76.8 Å². The molecule has 2 nitrogen and oxygen atoms in total. The average molecular weight is 947 g/mol. The van der Waals surface area contributed by atoms with Crippen molar-refractivity contribution in [3.8, 4) is 33.4 Å². The molecule has 1 aliphatic rings. The molecule has 0 fully saturated rings. The van der Waals surface area contributed by atoms with Crippen molar-refractivity contribution in [3.63, 3.8) is 0 Å². The van der Waals surface area contributed by atoms with Gasteiger partial charge in [0, 0.05) is 34.1 Å². The number of hydrogen-bond acceptors (Lipinski definition) is 2. The smallest absolute Gasteiger partial charge is 0.0468 e. The summed E-state index contributed by atoms with van der Waals surface area (Å²) in [4.78, 5) is 4.72. The Balaban J connectivity index is 0.915. The second-order valence-corrected chi connectivity index (χ2v) is 18.9. The molecule has 2 heteroatoms. The van der Waals surface area contributed by atoms with Crippen LogP contribution in [0, 0.1) is 0 Å². The second-order valence-electron chi connectivity index (χ2n) is 18.9. The molecule has 0 saturated heterocycles. The van der Waals surface area contributed by atoms with Gasteiger partial charge >= 0.3 is 0 Å². The second kappa shape index (κ2) is 20.3. The lowest BCUT2D eigenvalue weighted by molar-refractivity contribution is 1.04. The molecule has 0 unspecified atom stereocenters. The van der Waals surface area contributed by atoms with E-state index in [1.54, 1.807) is 0 Å². The molecule has 0 amide bonds. The molecule has 0 bridgehead atoms. The Kier molecular flexibility index (Phi) is 12.5. The molecule has 1 aliphatic carbocycles. The predicted octanol–water partition coefficient (Wildman–Crippen LogP) is 20.6. The summed E-state index contributed by atoms with van der Waals surface area (Å²) in [7, 11) is 0. The van der Waals surface area contributed by atoms with Crippen LogP contribution in [0.3, 0.4) is 0 Å². The van der Waals surface area contributed by atoms with Gasteiger partial charge in [-0.1, -0.05) is 213 Å². The fraction of sp³-hybridized carbons (Fsp3) is 0.0278. The summed E-state index contributed by atoms with van der Waals surface area (Å²) in [6.07, 6.45) is 14.7. The van der Waals surface area contributed by atoms with Gasteiger partial charge in [-0.3, -0.25) is 0 Å². The maximum atomic E-state index is 4.06. The van der Waals surface area contributed by atoms with Crippen LogP contribution in [0.25, 0.3) is 76.8 Å². The van der Waals surface area contributed by atoms with Crippen molar-refractivity contribution in [3.05, 3.63) is 303 Å². The summed E-state index contributed by atoms with van der Waals surface area (Å²) in [6, 6.07) is 88.6. The highest BCUT2D eigenvalue weighted by Crippen LogP contribution is 2.44. The van der Waals surface area contributed by atoms with Crippen molar-refractivity contribution in [2.45, 2.75) is 12.8 Å². The SMILES string of the molecule is C=C/C=C(\C=C)c1ccc(N(c2ccc(-c3ccccc3)cc2)c2ccc3c4ccc(-c5ccc(N(c6ccc(C7=CCCC=C7)cc6)c6ccc(-c7ccccc7)cc6)cc5)cc4c4ccccc4c3c2)cc1. The minimum absolute atomic E-state index is 1.03. The first-order valence-corrected chi connectivity index (χ1v) is 25.5. The average Bonchev–Trinajstić information content (AvgIpc) is 3.48. The lowest BCUT2D eigenvalue weighted by atomic mass is 9.91. The third kappa shape index (κ3) is 8.95. The van der Waals surface area contributed by atoms with Crippen LogP contribution in [0.4, 0.5) is 34.1 Å². The van der Waals surface area contributed by atoms with Gasteiger partial charge in [0.25, 0.3) is 0 Å². The van der Waals surface area contributed by atoms with Gasteiger partial charge in [-0.15, -0.1) is 0 Å². The zero-order chi connectivity index (χ0) is 49.8. The zero-order valence-electron chi connectivity index (χ0n) is 41.3. The van der Waals surface area contributed by atoms with Gasteiger partial charge in [-0.25, -0.2) is 0 Å². The molecule has 0 atom stereocenters. The molecule has 11 aromatic rings. The molecule has 0 aliphatic heterocycles. The Hall–Kier alpha value is -9.50. The lowest BCUT2D eigenvalue weighted by Crippen LogP contribution is -2.10. The molecule has 0 heterocycles. The number of benzene rings is 11. The van der Waals surface area contributed by atoms with Crippen LogP contribution >= 0.6 is 0 Å². The third-order valence-corrected chi connectivity index (χ3v) is 14.4. The van der Waals surface area contributed by atoms with E-state index < -0.39 is 0 Å². The summed E-state index contributed by atoms with van der Waals surface area (Å²) in [6.45, 7) is 7.98. The standard InChI is InChI=1S/C72H54N2/c1-3-16-51(4-2)55-25-36-64(37-26-55)74(65-42-31-58(32-43-65)54-21-12-7-13-22-54)66-46-48-70-69-47-35-60(49-71(69)67-23-14-15-24-68(67)72(70)50-66)59-33-44-63(45-34-59)73(61-38-27-56(28-39-61)52-17-8-5-9-18-52)62-40-29-57(30-41-62)53-19-10-6-11-20-53/h3-5,7-10,12-50H,1-2,6,11H2/b51-16+. The fourth-order valence-corrected chi connectivity index (χ4v) is 10.7. The highest BCUT2D eigenvalue weighted by Gasteiger charge is 2.18. The quantitative estimate of drug-likeness (QED) is 0.0839. The summed E-state index contributed by atoms with van der Waals surface area (Å²) in [5.41, 5.74) is 18.3. The van der Waals surface area contributed by atoms with Crippen molar-refractivity contribution in [1.82, 2.24) is 0 Å². The molecule has 74 heavy (non-hydrogen) atoms. The third-order valence-electron chi connectivity index (χ3n) is 14.4. The van der Waals surface area contributed by atoms with Crippen molar-refractivity contribution in [2.24, 2.45) is 0 Å². The first-order valence-electron chi connectivity index (χ1n) is 25.5. The summed E-state index contributed by atoms with van der Waals surface area (Å²) in [5, 5.41) is 7.35. The summed E-state index contributed by atoms with van der Waals surface area (Å²) in [5.74, 6) is 0.